The third-order valence-electron chi connectivity index (χ3n) is 11.4. The van der Waals surface area contributed by atoms with Crippen molar-refractivity contribution in [1.82, 2.24) is 5.32 Å². The predicted molar refractivity (Wildman–Crippen MR) is 147 cm³/mol. The minimum atomic E-state index is -2.01. The molecule has 3 N–H and O–H groups in total. The molecular formula is C29H51NO5Si. The van der Waals surface area contributed by atoms with Crippen LogP contribution >= 0.6 is 0 Å². The number of Topliss-reactive ketones (excluding diaryl/α,β-unsaturated/α-hetero) is 1. The van der Waals surface area contributed by atoms with Crippen molar-refractivity contribution in [2.24, 2.45) is 40.4 Å². The number of ketones is 1. The summed E-state index contributed by atoms with van der Waals surface area (Å²) in [7, 11) is -2.01. The fourth-order valence-corrected chi connectivity index (χ4v) is 8.99. The van der Waals surface area contributed by atoms with Crippen LogP contribution < -0.4 is 5.32 Å². The molecule has 1 amide bonds. The molecule has 3 saturated carbocycles. The first-order valence-electron chi connectivity index (χ1n) is 14.1. The quantitative estimate of drug-likeness (QED) is 0.187. The van der Waals surface area contributed by atoms with Gasteiger partial charge in [-0.1, -0.05) is 48.0 Å². The van der Waals surface area contributed by atoms with Crippen molar-refractivity contribution in [3.05, 3.63) is 11.8 Å². The van der Waals surface area contributed by atoms with E-state index >= 15 is 0 Å². The number of fused-ring (bicyclic) bond motifs is 1. The number of nitrogens with one attached hydrogen (secondary N) is 1. The molecule has 36 heavy (non-hydrogen) atoms. The first-order valence-corrected chi connectivity index (χ1v) is 17.0. The summed E-state index contributed by atoms with van der Waals surface area (Å²) in [6.07, 6.45) is 6.65. The molecule has 3 rings (SSSR count). The van der Waals surface area contributed by atoms with Gasteiger partial charge in [0.1, 0.15) is 0 Å². The van der Waals surface area contributed by atoms with Gasteiger partial charge in [-0.15, -0.1) is 0 Å². The number of allylic oxidation sites excluding steroid dienone is 1. The van der Waals surface area contributed by atoms with Gasteiger partial charge in [0, 0.05) is 25.1 Å². The van der Waals surface area contributed by atoms with E-state index in [4.69, 9.17) is 4.43 Å². The smallest absolute Gasteiger partial charge is 0.404 e. The Bertz CT molecular complexity index is 864. The van der Waals surface area contributed by atoms with Crippen molar-refractivity contribution >= 4 is 20.2 Å². The second-order valence-electron chi connectivity index (χ2n) is 14.0. The number of carbonyl (C=O) groups is 2. The van der Waals surface area contributed by atoms with Gasteiger partial charge < -0.3 is 20.0 Å². The van der Waals surface area contributed by atoms with E-state index < -0.39 is 14.4 Å². The maximum atomic E-state index is 13.0. The Morgan fingerprint density at radius 1 is 1.14 bits per heavy atom. The molecule has 7 heteroatoms. The van der Waals surface area contributed by atoms with Gasteiger partial charge in [0.15, 0.2) is 14.1 Å². The summed E-state index contributed by atoms with van der Waals surface area (Å²) in [5, 5.41) is 22.3. The Hall–Kier alpha value is -1.34. The number of aliphatic hydroxyl groups is 1. The summed E-state index contributed by atoms with van der Waals surface area (Å²) in [6.45, 7) is 19.2. The van der Waals surface area contributed by atoms with Crippen LogP contribution in [0, 0.1) is 40.4 Å². The zero-order valence-corrected chi connectivity index (χ0v) is 24.9. The van der Waals surface area contributed by atoms with Gasteiger partial charge in [-0.25, -0.2) is 4.79 Å². The summed E-state index contributed by atoms with van der Waals surface area (Å²) in [5.41, 5.74) is 0.498. The Morgan fingerprint density at radius 2 is 1.78 bits per heavy atom. The molecule has 3 aliphatic rings. The molecule has 0 bridgehead atoms. The Labute approximate surface area is 219 Å². The molecule has 0 radical (unpaired) electrons. The number of aliphatic hydroxyl groups excluding tert-OH is 1. The van der Waals surface area contributed by atoms with E-state index in [-0.39, 0.29) is 39.4 Å². The van der Waals surface area contributed by atoms with Crippen LogP contribution in [0.5, 0.6) is 0 Å². The molecule has 6 nitrogen and oxygen atoms in total. The number of rotatable bonds is 7. The van der Waals surface area contributed by atoms with Crippen LogP contribution in [0.15, 0.2) is 11.8 Å². The van der Waals surface area contributed by atoms with E-state index in [0.29, 0.717) is 43.4 Å². The van der Waals surface area contributed by atoms with Crippen LogP contribution in [0.3, 0.4) is 0 Å². The van der Waals surface area contributed by atoms with Gasteiger partial charge in [0.2, 0.25) is 0 Å². The van der Waals surface area contributed by atoms with Crippen molar-refractivity contribution in [2.75, 3.05) is 13.2 Å². The summed E-state index contributed by atoms with van der Waals surface area (Å²) < 4.78 is 6.71. The topological polar surface area (TPSA) is 95.9 Å². The number of hydrogen-bond acceptors (Lipinski definition) is 4. The van der Waals surface area contributed by atoms with Gasteiger partial charge in [0.25, 0.3) is 0 Å². The summed E-state index contributed by atoms with van der Waals surface area (Å²) in [6, 6.07) is 0. The van der Waals surface area contributed by atoms with Crippen molar-refractivity contribution in [2.45, 2.75) is 105 Å². The zero-order valence-electron chi connectivity index (χ0n) is 23.9. The van der Waals surface area contributed by atoms with Gasteiger partial charge >= 0.3 is 6.09 Å². The number of hydrogen-bond donors (Lipinski definition) is 3. The first kappa shape index (κ1) is 29.2. The highest BCUT2D eigenvalue weighted by Gasteiger charge is 2.58. The lowest BCUT2D eigenvalue weighted by Crippen LogP contribution is -2.55. The fourth-order valence-electron chi connectivity index (χ4n) is 7.94. The molecule has 0 spiro atoms. The van der Waals surface area contributed by atoms with Crippen LogP contribution in [0.1, 0.15) is 86.5 Å². The molecule has 7 atom stereocenters. The lowest BCUT2D eigenvalue weighted by molar-refractivity contribution is -0.126. The minimum Gasteiger partial charge on any atom is -0.515 e. The van der Waals surface area contributed by atoms with E-state index in [1.165, 1.54) is 12.8 Å². The fraction of sp³-hybridized carbons (Fsp3) is 0.862. The summed E-state index contributed by atoms with van der Waals surface area (Å²) in [5.74, 6) is 1.69. The van der Waals surface area contributed by atoms with Crippen LogP contribution in [-0.2, 0) is 9.22 Å². The largest absolute Gasteiger partial charge is 0.515 e. The highest BCUT2D eigenvalue weighted by atomic mass is 28.4. The van der Waals surface area contributed by atoms with E-state index in [0.717, 1.165) is 25.5 Å². The maximum Gasteiger partial charge on any atom is 0.404 e. The van der Waals surface area contributed by atoms with E-state index in [9.17, 15) is 19.8 Å². The maximum absolute atomic E-state index is 13.0. The number of carbonyl (C=O) groups excluding carboxylic acids is 1. The van der Waals surface area contributed by atoms with Crippen LogP contribution in [-0.4, -0.2) is 43.6 Å². The van der Waals surface area contributed by atoms with Gasteiger partial charge in [-0.2, -0.15) is 0 Å². The average molecular weight is 522 g/mol. The average Bonchev–Trinajstić information content (AvgIpc) is 3.13. The normalized spacial score (nSPS) is 38.7. The lowest BCUT2D eigenvalue weighted by atomic mass is 9.48. The SMILES string of the molecule is CC[C@H]1CC[C@H]2[C@H](CNC(=O)O)[C@@H]([C@@]3(C)C/C(=C/O)C(=O)C[C@@H]3CO[Si](C)(C)C(C)(C)C)CC[C@]12C. The highest BCUT2D eigenvalue weighted by molar-refractivity contribution is 6.74. The molecule has 3 aliphatic carbocycles. The third-order valence-corrected chi connectivity index (χ3v) is 15.9. The lowest BCUT2D eigenvalue weighted by Gasteiger charge is -2.57. The van der Waals surface area contributed by atoms with Gasteiger partial charge in [-0.3, -0.25) is 4.79 Å². The van der Waals surface area contributed by atoms with Crippen molar-refractivity contribution in [3.8, 4) is 0 Å². The summed E-state index contributed by atoms with van der Waals surface area (Å²) >= 11 is 0. The van der Waals surface area contributed by atoms with E-state index in [1.807, 2.05) is 0 Å². The van der Waals surface area contributed by atoms with Crippen LogP contribution in [0.2, 0.25) is 18.1 Å². The zero-order chi connectivity index (χ0) is 27.1. The number of amides is 1. The van der Waals surface area contributed by atoms with Crippen LogP contribution in [0.25, 0.3) is 0 Å². The second-order valence-corrected chi connectivity index (χ2v) is 18.8. The molecule has 0 aromatic rings. The van der Waals surface area contributed by atoms with Gasteiger partial charge in [-0.05, 0) is 90.7 Å². The third kappa shape index (κ3) is 5.29. The molecule has 0 heterocycles. The standard InChI is InChI=1S/C29H51NO5Si/c1-9-20-10-11-23-22(16-30-26(33)34)24(12-13-28(20,23)5)29(6)15-19(17-31)25(32)14-21(29)18-35-36(7,8)27(2,3)4/h17,20-24,30-31H,9-16,18H2,1-8H3,(H,33,34)/b19-17-/t20-,21+,22-,23-,24-,28+,29-/m0/s1. The highest BCUT2D eigenvalue weighted by Crippen LogP contribution is 2.64. The molecule has 0 aromatic heterocycles. The Morgan fingerprint density at radius 3 is 2.33 bits per heavy atom. The van der Waals surface area contributed by atoms with Gasteiger partial charge in [0.05, 0.1) is 6.26 Å². The Balaban J connectivity index is 1.98. The molecule has 206 valence electrons. The van der Waals surface area contributed by atoms with Crippen LogP contribution in [0.4, 0.5) is 4.79 Å². The second kappa shape index (κ2) is 10.4. The summed E-state index contributed by atoms with van der Waals surface area (Å²) in [4.78, 5) is 24.6. The van der Waals surface area contributed by atoms with Crippen molar-refractivity contribution < 1.29 is 24.2 Å². The van der Waals surface area contributed by atoms with Crippen molar-refractivity contribution in [3.63, 3.8) is 0 Å². The molecule has 0 unspecified atom stereocenters. The monoisotopic (exact) mass is 521 g/mol. The van der Waals surface area contributed by atoms with E-state index in [2.05, 4.69) is 60.0 Å². The van der Waals surface area contributed by atoms with Crippen molar-refractivity contribution in [1.29, 1.82) is 0 Å². The first-order chi connectivity index (χ1) is 16.6. The Kier molecular flexibility index (Phi) is 8.47. The molecule has 3 fully saturated rings. The minimum absolute atomic E-state index is 0.0200. The molecule has 0 saturated heterocycles. The number of carboxylic acid groups (broad SMARTS) is 1. The molecular weight excluding hydrogens is 470 g/mol. The van der Waals surface area contributed by atoms with E-state index in [1.54, 1.807) is 0 Å². The molecule has 0 aliphatic heterocycles. The molecule has 0 aromatic carbocycles. The predicted octanol–water partition coefficient (Wildman–Crippen LogP) is 7.17.